The number of ether oxygens (including phenoxy) is 1. The van der Waals surface area contributed by atoms with Crippen LogP contribution in [0.4, 0.5) is 0 Å². The molecule has 60 valence electrons. The van der Waals surface area contributed by atoms with Crippen molar-refractivity contribution in [3.63, 3.8) is 0 Å². The summed E-state index contributed by atoms with van der Waals surface area (Å²) in [5, 5.41) is 0. The summed E-state index contributed by atoms with van der Waals surface area (Å²) in [5.41, 5.74) is -0.0758. The highest BCUT2D eigenvalue weighted by atomic mass is 16.6. The average molecular weight is 152 g/mol. The Morgan fingerprint density at radius 3 is 2.91 bits per heavy atom. The highest BCUT2D eigenvalue weighted by Gasteiger charge is 2.63. The Hall–Kier alpha value is -0.530. The highest BCUT2D eigenvalue weighted by Crippen LogP contribution is 2.61. The first kappa shape index (κ1) is 6.04. The van der Waals surface area contributed by atoms with Crippen LogP contribution >= 0.6 is 0 Å². The first-order valence-corrected chi connectivity index (χ1v) is 4.41. The Balaban J connectivity index is 2.11. The van der Waals surface area contributed by atoms with Gasteiger partial charge >= 0.3 is 5.97 Å². The molecule has 2 nitrogen and oxygen atoms in total. The smallest absolute Gasteiger partial charge is 0.312 e. The summed E-state index contributed by atoms with van der Waals surface area (Å²) in [6.07, 6.45) is 3.78. The molecule has 0 aromatic carbocycles. The van der Waals surface area contributed by atoms with Gasteiger partial charge in [-0.05, 0) is 32.1 Å². The minimum atomic E-state index is -0.0758. The van der Waals surface area contributed by atoms with Crippen molar-refractivity contribution in [1.82, 2.24) is 0 Å². The average Bonchev–Trinajstić information content (AvgIpc) is 2.45. The summed E-state index contributed by atoms with van der Waals surface area (Å²) < 4.78 is 5.30. The van der Waals surface area contributed by atoms with Gasteiger partial charge in [-0.2, -0.15) is 0 Å². The van der Waals surface area contributed by atoms with E-state index in [1.807, 2.05) is 0 Å². The maximum Gasteiger partial charge on any atom is 0.312 e. The Morgan fingerprint density at radius 1 is 1.55 bits per heavy atom. The predicted octanol–water partition coefficient (Wildman–Crippen LogP) is 1.35. The SMILES string of the molecule is CC12CC3CC(OC1=O)C2C3. The van der Waals surface area contributed by atoms with E-state index in [0.717, 1.165) is 18.8 Å². The molecular weight excluding hydrogens is 140 g/mol. The lowest BCUT2D eigenvalue weighted by Gasteiger charge is -2.22. The number of hydrogen-bond donors (Lipinski definition) is 0. The van der Waals surface area contributed by atoms with Crippen LogP contribution in [0.15, 0.2) is 0 Å². The molecule has 2 saturated carbocycles. The summed E-state index contributed by atoms with van der Waals surface area (Å²) in [7, 11) is 0. The topological polar surface area (TPSA) is 26.3 Å². The fraction of sp³-hybridized carbons (Fsp3) is 0.889. The number of carbonyl (C=O) groups is 1. The molecule has 2 aliphatic carbocycles. The summed E-state index contributed by atoms with van der Waals surface area (Å²) in [4.78, 5) is 11.4. The van der Waals surface area contributed by atoms with Crippen LogP contribution in [-0.2, 0) is 9.53 Å². The van der Waals surface area contributed by atoms with E-state index in [0.29, 0.717) is 12.0 Å². The van der Waals surface area contributed by atoms with Crippen LogP contribution < -0.4 is 0 Å². The van der Waals surface area contributed by atoms with E-state index in [4.69, 9.17) is 4.74 Å². The Kier molecular flexibility index (Phi) is 0.809. The second kappa shape index (κ2) is 1.47. The Morgan fingerprint density at radius 2 is 2.36 bits per heavy atom. The molecule has 4 atom stereocenters. The zero-order chi connectivity index (χ0) is 7.64. The molecule has 0 radical (unpaired) electrons. The Labute approximate surface area is 65.9 Å². The van der Waals surface area contributed by atoms with Crippen LogP contribution in [0.1, 0.15) is 26.2 Å². The van der Waals surface area contributed by atoms with Crippen molar-refractivity contribution in [1.29, 1.82) is 0 Å². The first-order valence-electron chi connectivity index (χ1n) is 4.41. The minimum Gasteiger partial charge on any atom is -0.462 e. The molecule has 3 aliphatic rings. The molecular formula is C9H12O2. The van der Waals surface area contributed by atoms with Gasteiger partial charge in [-0.15, -0.1) is 0 Å². The van der Waals surface area contributed by atoms with Gasteiger partial charge in [-0.25, -0.2) is 0 Å². The van der Waals surface area contributed by atoms with Crippen molar-refractivity contribution < 1.29 is 9.53 Å². The van der Waals surface area contributed by atoms with Crippen molar-refractivity contribution in [2.24, 2.45) is 17.3 Å². The summed E-state index contributed by atoms with van der Waals surface area (Å²) in [5.74, 6) is 1.44. The van der Waals surface area contributed by atoms with Crippen molar-refractivity contribution in [3.05, 3.63) is 0 Å². The largest absolute Gasteiger partial charge is 0.462 e. The molecule has 11 heavy (non-hydrogen) atoms. The van der Waals surface area contributed by atoms with Crippen LogP contribution in [-0.4, -0.2) is 12.1 Å². The lowest BCUT2D eigenvalue weighted by Crippen LogP contribution is -2.28. The maximum absolute atomic E-state index is 11.4. The molecule has 2 bridgehead atoms. The lowest BCUT2D eigenvalue weighted by atomic mass is 9.76. The zero-order valence-electron chi connectivity index (χ0n) is 6.67. The van der Waals surface area contributed by atoms with Crippen molar-refractivity contribution in [2.75, 3.05) is 0 Å². The van der Waals surface area contributed by atoms with Gasteiger partial charge in [0.1, 0.15) is 6.10 Å². The molecule has 2 heteroatoms. The molecule has 0 spiro atoms. The highest BCUT2D eigenvalue weighted by molar-refractivity contribution is 5.80. The quantitative estimate of drug-likeness (QED) is 0.490. The molecule has 0 N–H and O–H groups in total. The van der Waals surface area contributed by atoms with E-state index in [1.165, 1.54) is 6.42 Å². The van der Waals surface area contributed by atoms with Gasteiger partial charge in [0.2, 0.25) is 0 Å². The lowest BCUT2D eigenvalue weighted by molar-refractivity contribution is -0.147. The predicted molar refractivity (Wildman–Crippen MR) is 38.8 cm³/mol. The van der Waals surface area contributed by atoms with Gasteiger partial charge in [0, 0.05) is 5.92 Å². The molecule has 1 heterocycles. The van der Waals surface area contributed by atoms with Gasteiger partial charge in [0.15, 0.2) is 0 Å². The fourth-order valence-corrected chi connectivity index (χ4v) is 3.33. The van der Waals surface area contributed by atoms with Crippen molar-refractivity contribution in [2.45, 2.75) is 32.3 Å². The molecule has 1 aliphatic heterocycles. The standard InChI is InChI=1S/C9H12O2/c1-9-4-5-2-6(9)7(3-5)11-8(9)10/h5-7H,2-4H2,1H3. The van der Waals surface area contributed by atoms with E-state index < -0.39 is 0 Å². The molecule has 0 amide bonds. The molecule has 1 saturated heterocycles. The van der Waals surface area contributed by atoms with E-state index in [2.05, 4.69) is 6.92 Å². The van der Waals surface area contributed by atoms with E-state index in [1.54, 1.807) is 0 Å². The molecule has 3 fully saturated rings. The third kappa shape index (κ3) is 0.501. The zero-order valence-corrected chi connectivity index (χ0v) is 6.67. The number of fused-ring (bicyclic) bond motifs is 1. The molecule has 0 aromatic heterocycles. The summed E-state index contributed by atoms with van der Waals surface area (Å²) in [6, 6.07) is 0. The fourth-order valence-electron chi connectivity index (χ4n) is 3.33. The van der Waals surface area contributed by atoms with Gasteiger partial charge in [-0.1, -0.05) is 0 Å². The third-order valence-electron chi connectivity index (χ3n) is 3.86. The minimum absolute atomic E-state index is 0.0758. The van der Waals surface area contributed by atoms with Crippen LogP contribution in [0.2, 0.25) is 0 Å². The van der Waals surface area contributed by atoms with Gasteiger partial charge in [-0.3, -0.25) is 4.79 Å². The monoisotopic (exact) mass is 152 g/mol. The number of rotatable bonds is 0. The summed E-state index contributed by atoms with van der Waals surface area (Å²) >= 11 is 0. The number of hydrogen-bond acceptors (Lipinski definition) is 2. The number of esters is 1. The van der Waals surface area contributed by atoms with Crippen molar-refractivity contribution in [3.8, 4) is 0 Å². The van der Waals surface area contributed by atoms with E-state index in [-0.39, 0.29) is 11.4 Å². The normalized spacial score (nSPS) is 58.6. The second-order valence-electron chi connectivity index (χ2n) is 4.51. The van der Waals surface area contributed by atoms with Crippen LogP contribution in [0, 0.1) is 17.3 Å². The van der Waals surface area contributed by atoms with Gasteiger partial charge < -0.3 is 4.74 Å². The van der Waals surface area contributed by atoms with Crippen LogP contribution in [0.5, 0.6) is 0 Å². The van der Waals surface area contributed by atoms with Gasteiger partial charge in [0.05, 0.1) is 5.41 Å². The van der Waals surface area contributed by atoms with Crippen molar-refractivity contribution >= 4 is 5.97 Å². The van der Waals surface area contributed by atoms with Crippen LogP contribution in [0.3, 0.4) is 0 Å². The first-order chi connectivity index (χ1) is 5.20. The van der Waals surface area contributed by atoms with Crippen LogP contribution in [0.25, 0.3) is 0 Å². The van der Waals surface area contributed by atoms with E-state index in [9.17, 15) is 4.79 Å². The summed E-state index contributed by atoms with van der Waals surface area (Å²) in [6.45, 7) is 2.08. The molecule has 0 aromatic rings. The Bertz CT molecular complexity index is 236. The third-order valence-corrected chi connectivity index (χ3v) is 3.86. The number of carbonyl (C=O) groups excluding carboxylic acids is 1. The van der Waals surface area contributed by atoms with Gasteiger partial charge in [0.25, 0.3) is 0 Å². The van der Waals surface area contributed by atoms with E-state index >= 15 is 0 Å². The second-order valence-corrected chi connectivity index (χ2v) is 4.51. The maximum atomic E-state index is 11.4. The molecule has 4 unspecified atom stereocenters. The molecule has 3 rings (SSSR count).